The van der Waals surface area contributed by atoms with Crippen molar-refractivity contribution in [2.24, 2.45) is 0 Å². The molecule has 2 N–H and O–H groups in total. The molecule has 0 radical (unpaired) electrons. The third-order valence-electron chi connectivity index (χ3n) is 4.35. The number of benzene rings is 1. The number of carbonyl (C=O) groups is 3. The molecule has 1 unspecified atom stereocenters. The van der Waals surface area contributed by atoms with Gasteiger partial charge in [-0.3, -0.25) is 9.59 Å². The molecule has 0 aliphatic carbocycles. The molecule has 0 spiro atoms. The summed E-state index contributed by atoms with van der Waals surface area (Å²) >= 11 is 0.953. The zero-order valence-electron chi connectivity index (χ0n) is 18.7. The van der Waals surface area contributed by atoms with Crippen LogP contribution in [0.4, 0.5) is 13.9 Å². The van der Waals surface area contributed by atoms with Gasteiger partial charge in [0.2, 0.25) is 11.8 Å². The minimum Gasteiger partial charge on any atom is -0.462 e. The van der Waals surface area contributed by atoms with E-state index in [4.69, 9.17) is 9.47 Å². The fourth-order valence-electron chi connectivity index (χ4n) is 2.95. The Balaban J connectivity index is 2.10. The Hall–Kier alpha value is -2.92. The number of aromatic nitrogens is 1. The van der Waals surface area contributed by atoms with Crippen LogP contribution < -0.4 is 10.6 Å². The normalized spacial score (nSPS) is 11.7. The van der Waals surface area contributed by atoms with E-state index >= 15 is 0 Å². The van der Waals surface area contributed by atoms with Crippen LogP contribution in [-0.2, 0) is 32.1 Å². The summed E-state index contributed by atoms with van der Waals surface area (Å²) in [6.45, 7) is 6.01. The number of anilines is 1. The van der Waals surface area contributed by atoms with Gasteiger partial charge in [-0.2, -0.15) is 0 Å². The van der Waals surface area contributed by atoms with Gasteiger partial charge in [-0.25, -0.2) is 18.6 Å². The van der Waals surface area contributed by atoms with Gasteiger partial charge in [-0.15, -0.1) is 0 Å². The molecular weight excluding hydrogens is 456 g/mol. The van der Waals surface area contributed by atoms with Crippen molar-refractivity contribution in [3.05, 3.63) is 46.0 Å². The standard InChI is InChI=1S/C22H27F2N3O5S/c1-4-7-16(25-18(28)10-13-8-14(23)11-15(24)9-13)20(29)27-22-26-17(12-31-5-2)19(33-22)21(30)32-6-3/h8-9,11,16H,4-7,10,12H2,1-3H3,(H,25,28)(H,26,27,29). The fraction of sp³-hybridized carbons (Fsp3) is 0.455. The maximum absolute atomic E-state index is 13.4. The highest BCUT2D eigenvalue weighted by molar-refractivity contribution is 7.17. The zero-order chi connectivity index (χ0) is 24.4. The highest BCUT2D eigenvalue weighted by Gasteiger charge is 2.24. The molecule has 2 aromatic rings. The van der Waals surface area contributed by atoms with Crippen molar-refractivity contribution >= 4 is 34.3 Å². The van der Waals surface area contributed by atoms with E-state index in [9.17, 15) is 23.2 Å². The number of hydrogen-bond acceptors (Lipinski definition) is 7. The first-order valence-electron chi connectivity index (χ1n) is 10.6. The van der Waals surface area contributed by atoms with Crippen LogP contribution in [0, 0.1) is 11.6 Å². The van der Waals surface area contributed by atoms with Gasteiger partial charge < -0.3 is 20.1 Å². The van der Waals surface area contributed by atoms with Gasteiger partial charge in [0.1, 0.15) is 22.6 Å². The van der Waals surface area contributed by atoms with Crippen LogP contribution in [0.15, 0.2) is 18.2 Å². The monoisotopic (exact) mass is 483 g/mol. The third kappa shape index (κ3) is 8.17. The van der Waals surface area contributed by atoms with E-state index in [1.807, 2.05) is 6.92 Å². The third-order valence-corrected chi connectivity index (χ3v) is 5.34. The Labute approximate surface area is 194 Å². The summed E-state index contributed by atoms with van der Waals surface area (Å²) in [4.78, 5) is 41.9. The van der Waals surface area contributed by atoms with Crippen LogP contribution in [0.25, 0.3) is 0 Å². The van der Waals surface area contributed by atoms with Crippen molar-refractivity contribution in [1.82, 2.24) is 10.3 Å². The average Bonchev–Trinajstić information content (AvgIpc) is 3.13. The maximum atomic E-state index is 13.4. The number of amides is 2. The van der Waals surface area contributed by atoms with Crippen molar-refractivity contribution in [2.45, 2.75) is 52.7 Å². The van der Waals surface area contributed by atoms with Crippen LogP contribution >= 0.6 is 11.3 Å². The van der Waals surface area contributed by atoms with E-state index in [-0.39, 0.29) is 35.2 Å². The molecule has 1 aromatic carbocycles. The van der Waals surface area contributed by atoms with E-state index in [0.29, 0.717) is 31.2 Å². The molecule has 180 valence electrons. The molecule has 0 saturated heterocycles. The molecule has 8 nitrogen and oxygen atoms in total. The number of nitrogens with zero attached hydrogens (tertiary/aromatic N) is 1. The van der Waals surface area contributed by atoms with Crippen LogP contribution in [0.1, 0.15) is 54.5 Å². The number of esters is 1. The van der Waals surface area contributed by atoms with E-state index in [1.165, 1.54) is 0 Å². The lowest BCUT2D eigenvalue weighted by Crippen LogP contribution is -2.44. The van der Waals surface area contributed by atoms with E-state index in [1.54, 1.807) is 13.8 Å². The number of thiazole rings is 1. The number of ether oxygens (including phenoxy) is 2. The number of halogens is 2. The van der Waals surface area contributed by atoms with E-state index < -0.39 is 35.5 Å². The lowest BCUT2D eigenvalue weighted by molar-refractivity contribution is -0.126. The second-order valence-electron chi connectivity index (χ2n) is 7.00. The molecule has 0 bridgehead atoms. The first kappa shape index (κ1) is 26.3. The molecule has 2 rings (SSSR count). The van der Waals surface area contributed by atoms with Gasteiger partial charge in [-0.1, -0.05) is 24.7 Å². The second-order valence-corrected chi connectivity index (χ2v) is 8.00. The predicted octanol–water partition coefficient (Wildman–Crippen LogP) is 3.60. The van der Waals surface area contributed by atoms with Crippen LogP contribution in [-0.4, -0.2) is 42.0 Å². The van der Waals surface area contributed by atoms with Gasteiger partial charge in [-0.05, 0) is 38.0 Å². The molecule has 0 aliphatic rings. The molecule has 0 aliphatic heterocycles. The number of rotatable bonds is 12. The van der Waals surface area contributed by atoms with E-state index in [0.717, 1.165) is 23.5 Å². The molecule has 0 fully saturated rings. The van der Waals surface area contributed by atoms with Gasteiger partial charge in [0.15, 0.2) is 5.13 Å². The maximum Gasteiger partial charge on any atom is 0.350 e. The van der Waals surface area contributed by atoms with Crippen molar-refractivity contribution in [3.8, 4) is 0 Å². The fourth-order valence-corrected chi connectivity index (χ4v) is 3.82. The van der Waals surface area contributed by atoms with Gasteiger partial charge in [0, 0.05) is 12.7 Å². The quantitative estimate of drug-likeness (QED) is 0.447. The minimum absolute atomic E-state index is 0.0797. The molecular formula is C22H27F2N3O5S. The Kier molecular flexibility index (Phi) is 10.3. The average molecular weight is 484 g/mol. The lowest BCUT2D eigenvalue weighted by atomic mass is 10.1. The Morgan fingerprint density at radius 2 is 1.79 bits per heavy atom. The molecule has 1 aromatic heterocycles. The van der Waals surface area contributed by atoms with Crippen molar-refractivity contribution in [2.75, 3.05) is 18.5 Å². The summed E-state index contributed by atoms with van der Waals surface area (Å²) < 4.78 is 37.1. The molecule has 2 amide bonds. The Bertz CT molecular complexity index is 963. The largest absolute Gasteiger partial charge is 0.462 e. The summed E-state index contributed by atoms with van der Waals surface area (Å²) in [6.07, 6.45) is 0.635. The molecule has 1 heterocycles. The summed E-state index contributed by atoms with van der Waals surface area (Å²) in [5.41, 5.74) is 0.500. The van der Waals surface area contributed by atoms with Crippen molar-refractivity contribution < 1.29 is 32.6 Å². The summed E-state index contributed by atoms with van der Waals surface area (Å²) in [7, 11) is 0. The zero-order valence-corrected chi connectivity index (χ0v) is 19.5. The summed E-state index contributed by atoms with van der Waals surface area (Å²) in [6, 6.07) is 1.94. The van der Waals surface area contributed by atoms with Gasteiger partial charge >= 0.3 is 5.97 Å². The van der Waals surface area contributed by atoms with Crippen LogP contribution in [0.5, 0.6) is 0 Å². The SMILES string of the molecule is CCCC(NC(=O)Cc1cc(F)cc(F)c1)C(=O)Nc1nc(COCC)c(C(=O)OCC)s1. The van der Waals surface area contributed by atoms with Crippen molar-refractivity contribution in [1.29, 1.82) is 0 Å². The highest BCUT2D eigenvalue weighted by atomic mass is 32.1. The smallest absolute Gasteiger partial charge is 0.350 e. The molecule has 11 heteroatoms. The summed E-state index contributed by atoms with van der Waals surface area (Å²) in [5.74, 6) is -3.22. The predicted molar refractivity (Wildman–Crippen MR) is 119 cm³/mol. The first-order chi connectivity index (χ1) is 15.8. The number of carbonyl (C=O) groups excluding carboxylic acids is 3. The van der Waals surface area contributed by atoms with Gasteiger partial charge in [0.25, 0.3) is 0 Å². The first-order valence-corrected chi connectivity index (χ1v) is 11.4. The van der Waals surface area contributed by atoms with Gasteiger partial charge in [0.05, 0.1) is 25.3 Å². The highest BCUT2D eigenvalue weighted by Crippen LogP contribution is 2.25. The lowest BCUT2D eigenvalue weighted by Gasteiger charge is -2.17. The van der Waals surface area contributed by atoms with E-state index in [2.05, 4.69) is 15.6 Å². The van der Waals surface area contributed by atoms with Crippen molar-refractivity contribution in [3.63, 3.8) is 0 Å². The molecule has 1 atom stereocenters. The minimum atomic E-state index is -0.897. The van der Waals surface area contributed by atoms with Crippen LogP contribution in [0.3, 0.4) is 0 Å². The topological polar surface area (TPSA) is 107 Å². The van der Waals surface area contributed by atoms with Crippen LogP contribution in [0.2, 0.25) is 0 Å². The molecule has 33 heavy (non-hydrogen) atoms. The second kappa shape index (κ2) is 12.9. The number of nitrogens with one attached hydrogen (secondary N) is 2. The summed E-state index contributed by atoms with van der Waals surface area (Å²) in [5, 5.41) is 5.37. The Morgan fingerprint density at radius 3 is 2.39 bits per heavy atom. The Morgan fingerprint density at radius 1 is 1.09 bits per heavy atom. The molecule has 0 saturated carbocycles. The number of hydrogen-bond donors (Lipinski definition) is 2.